The number of carbonyl (C=O) groups excluding carboxylic acids is 1. The van der Waals surface area contributed by atoms with Gasteiger partial charge in [0.2, 0.25) is 0 Å². The fourth-order valence-corrected chi connectivity index (χ4v) is 3.69. The molecule has 1 heterocycles. The maximum Gasteiger partial charge on any atom is 0.255 e. The number of nitrogens with zero attached hydrogens (tertiary/aromatic N) is 1. The topological polar surface area (TPSA) is 78.6 Å². The standard InChI is InChI=1S/C24H31N3O2/c1-24(2,29)17-27-14-5-6-18(13-15-27)16-19-9-11-20(12-10-19)23(28)26-22-8-4-3-7-21(22)25/h3-4,7-12,16,29H,5-6,13-15,17,25H2,1-2H3,(H,26,28)/b18-16+. The summed E-state index contributed by atoms with van der Waals surface area (Å²) in [5, 5.41) is 12.9. The van der Waals surface area contributed by atoms with Crippen LogP contribution in [0.15, 0.2) is 54.1 Å². The third kappa shape index (κ3) is 6.44. The van der Waals surface area contributed by atoms with Crippen molar-refractivity contribution >= 4 is 23.4 Å². The molecule has 0 bridgehead atoms. The number of benzene rings is 2. The lowest BCUT2D eigenvalue weighted by Crippen LogP contribution is -2.39. The van der Waals surface area contributed by atoms with Gasteiger partial charge in [-0.15, -0.1) is 0 Å². The molecule has 0 aliphatic carbocycles. The van der Waals surface area contributed by atoms with Crippen molar-refractivity contribution < 1.29 is 9.90 Å². The normalized spacial score (nSPS) is 17.1. The largest absolute Gasteiger partial charge is 0.397 e. The molecule has 0 aromatic heterocycles. The minimum atomic E-state index is -0.658. The van der Waals surface area contributed by atoms with Gasteiger partial charge in [-0.1, -0.05) is 35.9 Å². The Balaban J connectivity index is 1.61. The Morgan fingerprint density at radius 1 is 1.14 bits per heavy atom. The molecule has 0 atom stereocenters. The smallest absolute Gasteiger partial charge is 0.255 e. The highest BCUT2D eigenvalue weighted by Gasteiger charge is 2.20. The fraction of sp³-hybridized carbons (Fsp3) is 0.375. The summed E-state index contributed by atoms with van der Waals surface area (Å²) in [5.74, 6) is -0.168. The SMILES string of the molecule is CC(C)(O)CN1CCC/C(=C\c2ccc(C(=O)Nc3ccccc3N)cc2)CC1. The Hall–Kier alpha value is -2.63. The maximum absolute atomic E-state index is 12.5. The van der Waals surface area contributed by atoms with Crippen molar-refractivity contribution in [3.8, 4) is 0 Å². The van der Waals surface area contributed by atoms with Crippen molar-refractivity contribution in [3.05, 3.63) is 65.2 Å². The molecule has 1 saturated heterocycles. The predicted molar refractivity (Wildman–Crippen MR) is 120 cm³/mol. The van der Waals surface area contributed by atoms with E-state index >= 15 is 0 Å². The molecule has 1 fully saturated rings. The van der Waals surface area contributed by atoms with Crippen LogP contribution >= 0.6 is 0 Å². The van der Waals surface area contributed by atoms with Crippen LogP contribution in [-0.2, 0) is 0 Å². The lowest BCUT2D eigenvalue weighted by atomic mass is 10.0. The highest BCUT2D eigenvalue weighted by Crippen LogP contribution is 2.22. The average molecular weight is 394 g/mol. The summed E-state index contributed by atoms with van der Waals surface area (Å²) in [6, 6.07) is 14.9. The van der Waals surface area contributed by atoms with E-state index in [1.807, 2.05) is 50.2 Å². The fourth-order valence-electron chi connectivity index (χ4n) is 3.69. The van der Waals surface area contributed by atoms with Crippen LogP contribution < -0.4 is 11.1 Å². The van der Waals surface area contributed by atoms with Gasteiger partial charge in [-0.25, -0.2) is 0 Å². The molecule has 1 aliphatic rings. The Morgan fingerprint density at radius 3 is 2.55 bits per heavy atom. The molecule has 154 valence electrons. The first kappa shape index (κ1) is 21.1. The van der Waals surface area contributed by atoms with Crippen LogP contribution in [0.25, 0.3) is 6.08 Å². The molecule has 1 aliphatic heterocycles. The summed E-state index contributed by atoms with van der Waals surface area (Å²) in [7, 11) is 0. The number of carbonyl (C=O) groups is 1. The van der Waals surface area contributed by atoms with E-state index in [9.17, 15) is 9.90 Å². The lowest BCUT2D eigenvalue weighted by molar-refractivity contribution is 0.0376. The number of nitrogen functional groups attached to an aromatic ring is 1. The number of rotatable bonds is 5. The lowest BCUT2D eigenvalue weighted by Gasteiger charge is -2.27. The number of hydrogen-bond acceptors (Lipinski definition) is 4. The second kappa shape index (κ2) is 9.25. The molecule has 3 rings (SSSR count). The zero-order valence-electron chi connectivity index (χ0n) is 17.3. The number of nitrogens with two attached hydrogens (primary N) is 1. The van der Waals surface area contributed by atoms with Gasteiger partial charge in [0.25, 0.3) is 5.91 Å². The van der Waals surface area contributed by atoms with Gasteiger partial charge < -0.3 is 21.1 Å². The van der Waals surface area contributed by atoms with E-state index in [0.717, 1.165) is 37.9 Å². The van der Waals surface area contributed by atoms with Gasteiger partial charge in [0.15, 0.2) is 0 Å². The van der Waals surface area contributed by atoms with Crippen LogP contribution in [0, 0.1) is 0 Å². The van der Waals surface area contributed by atoms with E-state index < -0.39 is 5.60 Å². The molecule has 0 saturated carbocycles. The van der Waals surface area contributed by atoms with Crippen LogP contribution in [0.4, 0.5) is 11.4 Å². The first-order valence-electron chi connectivity index (χ1n) is 10.2. The molecule has 5 nitrogen and oxygen atoms in total. The second-order valence-corrected chi connectivity index (χ2v) is 8.41. The molecule has 4 N–H and O–H groups in total. The summed E-state index contributed by atoms with van der Waals surface area (Å²) in [5.41, 5.74) is 9.53. The van der Waals surface area contributed by atoms with Crippen LogP contribution in [0.5, 0.6) is 0 Å². The summed E-state index contributed by atoms with van der Waals surface area (Å²) in [6.45, 7) is 6.41. The van der Waals surface area contributed by atoms with Crippen molar-refractivity contribution in [2.75, 3.05) is 30.7 Å². The van der Waals surface area contributed by atoms with Crippen LogP contribution in [0.2, 0.25) is 0 Å². The quantitative estimate of drug-likeness (QED) is 0.667. The zero-order valence-corrected chi connectivity index (χ0v) is 17.3. The van der Waals surface area contributed by atoms with Crippen LogP contribution in [0.3, 0.4) is 0 Å². The van der Waals surface area contributed by atoms with Gasteiger partial charge >= 0.3 is 0 Å². The first-order valence-corrected chi connectivity index (χ1v) is 10.2. The van der Waals surface area contributed by atoms with E-state index in [1.165, 1.54) is 5.57 Å². The van der Waals surface area contributed by atoms with Crippen molar-refractivity contribution in [1.82, 2.24) is 4.90 Å². The van der Waals surface area contributed by atoms with Crippen molar-refractivity contribution in [2.24, 2.45) is 0 Å². The average Bonchev–Trinajstić information content (AvgIpc) is 2.88. The molecular formula is C24H31N3O2. The van der Waals surface area contributed by atoms with Gasteiger partial charge in [-0.05, 0) is 69.5 Å². The molecule has 0 spiro atoms. The van der Waals surface area contributed by atoms with Crippen LogP contribution in [0.1, 0.15) is 49.0 Å². The first-order chi connectivity index (χ1) is 13.8. The minimum Gasteiger partial charge on any atom is -0.397 e. The van der Waals surface area contributed by atoms with E-state index in [2.05, 4.69) is 16.3 Å². The highest BCUT2D eigenvalue weighted by atomic mass is 16.3. The number of nitrogens with one attached hydrogen (secondary N) is 1. The van der Waals surface area contributed by atoms with Gasteiger partial charge in [0.1, 0.15) is 0 Å². The molecule has 2 aromatic carbocycles. The highest BCUT2D eigenvalue weighted by molar-refractivity contribution is 6.05. The number of para-hydroxylation sites is 2. The Kier molecular flexibility index (Phi) is 6.72. The Bertz CT molecular complexity index is 866. The zero-order chi connectivity index (χ0) is 20.9. The van der Waals surface area contributed by atoms with E-state index in [4.69, 9.17) is 5.73 Å². The predicted octanol–water partition coefficient (Wildman–Crippen LogP) is 4.16. The summed E-state index contributed by atoms with van der Waals surface area (Å²) in [4.78, 5) is 14.8. The Morgan fingerprint density at radius 2 is 1.86 bits per heavy atom. The van der Waals surface area contributed by atoms with Gasteiger partial charge in [-0.2, -0.15) is 0 Å². The van der Waals surface area contributed by atoms with Crippen molar-refractivity contribution in [3.63, 3.8) is 0 Å². The number of aliphatic hydroxyl groups is 1. The third-order valence-corrected chi connectivity index (χ3v) is 5.08. The number of hydrogen-bond donors (Lipinski definition) is 3. The molecule has 29 heavy (non-hydrogen) atoms. The van der Waals surface area contributed by atoms with Crippen molar-refractivity contribution in [2.45, 2.75) is 38.7 Å². The monoisotopic (exact) mass is 393 g/mol. The van der Waals surface area contributed by atoms with Crippen LogP contribution in [-0.4, -0.2) is 41.1 Å². The molecule has 2 aromatic rings. The number of β-amino-alcohol motifs (C(OH)–C–C–N with tert-alkyl or cyclic N) is 1. The van der Waals surface area contributed by atoms with E-state index in [-0.39, 0.29) is 5.91 Å². The summed E-state index contributed by atoms with van der Waals surface area (Å²) < 4.78 is 0. The third-order valence-electron chi connectivity index (χ3n) is 5.08. The summed E-state index contributed by atoms with van der Waals surface area (Å²) in [6.07, 6.45) is 5.40. The van der Waals surface area contributed by atoms with E-state index in [0.29, 0.717) is 23.5 Å². The molecular weight excluding hydrogens is 362 g/mol. The van der Waals surface area contributed by atoms with E-state index in [1.54, 1.807) is 12.1 Å². The molecule has 5 heteroatoms. The summed E-state index contributed by atoms with van der Waals surface area (Å²) >= 11 is 0. The van der Waals surface area contributed by atoms with Gasteiger partial charge in [0, 0.05) is 18.7 Å². The number of anilines is 2. The van der Waals surface area contributed by atoms with Crippen molar-refractivity contribution in [1.29, 1.82) is 0 Å². The molecule has 0 unspecified atom stereocenters. The molecule has 1 amide bonds. The Labute approximate surface area is 173 Å². The minimum absolute atomic E-state index is 0.168. The molecule has 0 radical (unpaired) electrons. The number of amides is 1. The second-order valence-electron chi connectivity index (χ2n) is 8.41. The maximum atomic E-state index is 12.5. The van der Waals surface area contributed by atoms with Gasteiger partial charge in [0.05, 0.1) is 17.0 Å². The van der Waals surface area contributed by atoms with Gasteiger partial charge in [-0.3, -0.25) is 4.79 Å². The number of likely N-dealkylation sites (tertiary alicyclic amines) is 1.